The smallest absolute Gasteiger partial charge is 0.176 e. The zero-order valence-corrected chi connectivity index (χ0v) is 12.3. The minimum atomic E-state index is -0.242. The molecule has 0 radical (unpaired) electrons. The fraction of sp³-hybridized carbons (Fsp3) is 0.0500. The Morgan fingerprint density at radius 1 is 0.773 bits per heavy atom. The molecule has 0 unspecified atom stereocenters. The van der Waals surface area contributed by atoms with Gasteiger partial charge in [0.1, 0.15) is 7.05 Å². The first-order valence-corrected chi connectivity index (χ1v) is 7.30. The van der Waals surface area contributed by atoms with Crippen LogP contribution in [0.25, 0.3) is 32.7 Å². The first kappa shape index (κ1) is 13.0. The van der Waals surface area contributed by atoms with Crippen molar-refractivity contribution in [1.29, 1.82) is 0 Å². The van der Waals surface area contributed by atoms with E-state index < -0.39 is 0 Å². The lowest BCUT2D eigenvalue weighted by molar-refractivity contribution is -0.699. The summed E-state index contributed by atoms with van der Waals surface area (Å²) in [5.41, 5.74) is 2.18. The molecule has 0 amide bonds. The predicted octanol–water partition coefficient (Wildman–Crippen LogP) is 4.62. The molecule has 22 heavy (non-hydrogen) atoms. The average Bonchev–Trinajstić information content (AvgIpc) is 2.55. The van der Waals surface area contributed by atoms with Crippen molar-refractivity contribution in [3.63, 3.8) is 0 Å². The molecule has 3 aromatic carbocycles. The molecule has 0 atom stereocenters. The number of rotatable bonds is 1. The van der Waals surface area contributed by atoms with Gasteiger partial charge in [0.25, 0.3) is 0 Å². The molecule has 0 saturated carbocycles. The van der Waals surface area contributed by atoms with Crippen molar-refractivity contribution < 1.29 is 8.96 Å². The SMILES string of the molecule is C[n+]1cc(-c2c3ccccc3cc3ccccc23)ccc1F. The van der Waals surface area contributed by atoms with Gasteiger partial charge in [-0.25, -0.2) is 0 Å². The van der Waals surface area contributed by atoms with Gasteiger partial charge in [0, 0.05) is 17.2 Å². The Morgan fingerprint density at radius 2 is 1.36 bits per heavy atom. The standard InChI is InChI=1S/C20H15FN/c1-22-13-16(10-11-19(22)21)20-17-8-4-2-6-14(17)12-15-7-3-5-9-18(15)20/h2-13H,1H3/q+1. The molecule has 0 fully saturated rings. The third-order valence-electron chi connectivity index (χ3n) is 4.13. The summed E-state index contributed by atoms with van der Waals surface area (Å²) in [5.74, 6) is -0.242. The Balaban J connectivity index is 2.18. The van der Waals surface area contributed by atoms with Crippen LogP contribution in [0.3, 0.4) is 0 Å². The van der Waals surface area contributed by atoms with E-state index in [0.29, 0.717) is 0 Å². The molecule has 0 aliphatic rings. The molecule has 1 heterocycles. The van der Waals surface area contributed by atoms with Gasteiger partial charge >= 0.3 is 5.95 Å². The van der Waals surface area contributed by atoms with Gasteiger partial charge in [0.05, 0.1) is 0 Å². The summed E-state index contributed by atoms with van der Waals surface area (Å²) >= 11 is 0. The van der Waals surface area contributed by atoms with Gasteiger partial charge < -0.3 is 0 Å². The summed E-state index contributed by atoms with van der Waals surface area (Å²) in [6.07, 6.45) is 1.85. The van der Waals surface area contributed by atoms with E-state index in [1.165, 1.54) is 32.2 Å². The van der Waals surface area contributed by atoms with Crippen LogP contribution in [0.2, 0.25) is 0 Å². The lowest BCUT2D eigenvalue weighted by Gasteiger charge is -2.11. The average molecular weight is 288 g/mol. The van der Waals surface area contributed by atoms with Gasteiger partial charge in [-0.3, -0.25) is 0 Å². The van der Waals surface area contributed by atoms with Gasteiger partial charge in [-0.2, -0.15) is 4.57 Å². The first-order chi connectivity index (χ1) is 10.7. The van der Waals surface area contributed by atoms with Crippen molar-refractivity contribution in [3.8, 4) is 11.1 Å². The highest BCUT2D eigenvalue weighted by Gasteiger charge is 2.13. The highest BCUT2D eigenvalue weighted by atomic mass is 19.1. The number of pyridine rings is 1. The molecule has 106 valence electrons. The summed E-state index contributed by atoms with van der Waals surface area (Å²) in [5, 5.41) is 4.77. The van der Waals surface area contributed by atoms with Crippen LogP contribution in [0.5, 0.6) is 0 Å². The number of nitrogens with zero attached hydrogens (tertiary/aromatic N) is 1. The maximum atomic E-state index is 13.6. The van der Waals surface area contributed by atoms with Gasteiger partial charge in [-0.1, -0.05) is 48.5 Å². The van der Waals surface area contributed by atoms with E-state index in [1.807, 2.05) is 36.5 Å². The molecule has 0 bridgehead atoms. The zero-order chi connectivity index (χ0) is 15.1. The summed E-state index contributed by atoms with van der Waals surface area (Å²) in [7, 11) is 1.73. The highest BCUT2D eigenvalue weighted by molar-refractivity contribution is 6.12. The molecule has 0 N–H and O–H groups in total. The number of aryl methyl sites for hydroxylation is 1. The third kappa shape index (κ3) is 1.96. The molecule has 0 saturated heterocycles. The Morgan fingerprint density at radius 3 is 1.95 bits per heavy atom. The topological polar surface area (TPSA) is 3.88 Å². The predicted molar refractivity (Wildman–Crippen MR) is 88.0 cm³/mol. The molecule has 2 heteroatoms. The molecule has 0 aliphatic heterocycles. The van der Waals surface area contributed by atoms with Crippen molar-refractivity contribution in [3.05, 3.63) is 78.9 Å². The van der Waals surface area contributed by atoms with Crippen LogP contribution in [0.4, 0.5) is 4.39 Å². The summed E-state index contributed by atoms with van der Waals surface area (Å²) in [6, 6.07) is 22.3. The molecule has 0 spiro atoms. The molecule has 4 rings (SSSR count). The van der Waals surface area contributed by atoms with E-state index in [4.69, 9.17) is 0 Å². The monoisotopic (exact) mass is 288 g/mol. The highest BCUT2D eigenvalue weighted by Crippen LogP contribution is 2.35. The third-order valence-corrected chi connectivity index (χ3v) is 4.13. The van der Waals surface area contributed by atoms with Crippen molar-refractivity contribution in [2.24, 2.45) is 7.05 Å². The van der Waals surface area contributed by atoms with Crippen molar-refractivity contribution in [1.82, 2.24) is 0 Å². The normalized spacial score (nSPS) is 11.2. The minimum absolute atomic E-state index is 0.242. The van der Waals surface area contributed by atoms with Gasteiger partial charge in [-0.05, 0) is 33.7 Å². The van der Waals surface area contributed by atoms with Crippen LogP contribution in [-0.2, 0) is 7.05 Å². The fourth-order valence-electron chi connectivity index (χ4n) is 3.06. The molecule has 4 aromatic rings. The van der Waals surface area contributed by atoms with Crippen molar-refractivity contribution in [2.75, 3.05) is 0 Å². The maximum absolute atomic E-state index is 13.6. The second-order valence-electron chi connectivity index (χ2n) is 5.55. The minimum Gasteiger partial charge on any atom is -0.176 e. The molecule has 0 aliphatic carbocycles. The van der Waals surface area contributed by atoms with Crippen molar-refractivity contribution in [2.45, 2.75) is 0 Å². The number of aromatic nitrogens is 1. The Labute approximate surface area is 128 Å². The van der Waals surface area contributed by atoms with E-state index in [2.05, 4.69) is 30.3 Å². The number of fused-ring (bicyclic) bond motifs is 2. The summed E-state index contributed by atoms with van der Waals surface area (Å²) in [4.78, 5) is 0. The number of benzene rings is 3. The second kappa shape index (κ2) is 4.92. The quantitative estimate of drug-likeness (QED) is 0.273. The fourth-order valence-corrected chi connectivity index (χ4v) is 3.06. The van der Waals surface area contributed by atoms with E-state index in [0.717, 1.165) is 11.1 Å². The van der Waals surface area contributed by atoms with E-state index in [1.54, 1.807) is 7.05 Å². The lowest BCUT2D eigenvalue weighted by atomic mass is 9.93. The lowest BCUT2D eigenvalue weighted by Crippen LogP contribution is -2.32. The molecule has 1 aromatic heterocycles. The van der Waals surface area contributed by atoms with Crippen molar-refractivity contribution >= 4 is 21.5 Å². The van der Waals surface area contributed by atoms with Gasteiger partial charge in [0.2, 0.25) is 0 Å². The van der Waals surface area contributed by atoms with Crippen LogP contribution in [0, 0.1) is 5.95 Å². The second-order valence-corrected chi connectivity index (χ2v) is 5.55. The first-order valence-electron chi connectivity index (χ1n) is 7.30. The summed E-state index contributed by atoms with van der Waals surface area (Å²) < 4.78 is 15.1. The zero-order valence-electron chi connectivity index (χ0n) is 12.3. The van der Waals surface area contributed by atoms with Crippen LogP contribution >= 0.6 is 0 Å². The molecule has 1 nitrogen and oxygen atoms in total. The Kier molecular flexibility index (Phi) is 2.90. The van der Waals surface area contributed by atoms with Crippen LogP contribution in [0.1, 0.15) is 0 Å². The largest absolute Gasteiger partial charge is 0.359 e. The Bertz CT molecular complexity index is 951. The van der Waals surface area contributed by atoms with Gasteiger partial charge in [0.15, 0.2) is 6.20 Å². The number of halogens is 1. The van der Waals surface area contributed by atoms with Gasteiger partial charge in [-0.15, -0.1) is 4.39 Å². The van der Waals surface area contributed by atoms with Crippen LogP contribution in [-0.4, -0.2) is 0 Å². The Hall–Kier alpha value is -2.74. The molecular formula is C20H15FN+. The van der Waals surface area contributed by atoms with E-state index in [-0.39, 0.29) is 5.95 Å². The number of hydrogen-bond acceptors (Lipinski definition) is 0. The van der Waals surface area contributed by atoms with Crippen LogP contribution in [0.15, 0.2) is 72.9 Å². The van der Waals surface area contributed by atoms with E-state index >= 15 is 0 Å². The maximum Gasteiger partial charge on any atom is 0.359 e. The van der Waals surface area contributed by atoms with E-state index in [9.17, 15) is 4.39 Å². The summed E-state index contributed by atoms with van der Waals surface area (Å²) in [6.45, 7) is 0. The molecular weight excluding hydrogens is 273 g/mol. The number of hydrogen-bond donors (Lipinski definition) is 0. The van der Waals surface area contributed by atoms with Crippen LogP contribution < -0.4 is 4.57 Å².